The number of aromatic nitrogens is 1. The van der Waals surface area contributed by atoms with Crippen molar-refractivity contribution in [3.8, 4) is 16.2 Å². The molecule has 1 fully saturated rings. The molecule has 4 rings (SSSR count). The van der Waals surface area contributed by atoms with E-state index in [-0.39, 0.29) is 49.0 Å². The molecule has 3 aromatic rings. The molecule has 0 spiro atoms. The largest absolute Gasteiger partial charge is 0.494 e. The number of ether oxygens (including phenoxy) is 1. The first-order valence-electron chi connectivity index (χ1n) is 18.4. The van der Waals surface area contributed by atoms with Gasteiger partial charge in [0.25, 0.3) is 0 Å². The van der Waals surface area contributed by atoms with Crippen LogP contribution in [0.3, 0.4) is 0 Å². The van der Waals surface area contributed by atoms with Gasteiger partial charge >= 0.3 is 0 Å². The van der Waals surface area contributed by atoms with Crippen molar-refractivity contribution < 1.29 is 33.4 Å². The minimum Gasteiger partial charge on any atom is -0.494 e. The van der Waals surface area contributed by atoms with Crippen LogP contribution in [-0.4, -0.2) is 70.0 Å². The Morgan fingerprint density at radius 3 is 2.42 bits per heavy atom. The standard InChI is InChI=1S/C40H54FN5O6S/c1-25(27-14-16-28(17-15-27)36-26(2)43-24-53-36)44-38(50)33-22-30(47)23-46(33)39(51)37(40(3,4)5)45-35(49)13-8-6-7-11-29-21-31(18-19-32(29)41)52-20-10-9-12-34(42)48/h14-19,21,24-25,30,33,37,47H,6-13,20,22-23H2,1-5H3,(H2,42,48)(H,44,50)(H,45,49)/t25-,30+,33-,37+/m0/s1. The van der Waals surface area contributed by atoms with Crippen molar-refractivity contribution in [3.05, 3.63) is 70.6 Å². The van der Waals surface area contributed by atoms with Crippen LogP contribution < -0.4 is 21.1 Å². The maximum absolute atomic E-state index is 14.5. The quantitative estimate of drug-likeness (QED) is 0.120. The number of halogens is 1. The van der Waals surface area contributed by atoms with Gasteiger partial charge in [-0.2, -0.15) is 0 Å². The number of likely N-dealkylation sites (tertiary alicyclic amines) is 1. The number of hydrogen-bond acceptors (Lipinski definition) is 8. The van der Waals surface area contributed by atoms with Gasteiger partial charge in [0.1, 0.15) is 23.7 Å². The lowest BCUT2D eigenvalue weighted by atomic mass is 9.85. The highest BCUT2D eigenvalue weighted by Gasteiger charge is 2.44. The summed E-state index contributed by atoms with van der Waals surface area (Å²) < 4.78 is 20.2. The van der Waals surface area contributed by atoms with Crippen molar-refractivity contribution in [3.63, 3.8) is 0 Å². The Balaban J connectivity index is 1.27. The summed E-state index contributed by atoms with van der Waals surface area (Å²) in [5, 5.41) is 16.5. The van der Waals surface area contributed by atoms with Crippen molar-refractivity contribution in [2.45, 2.75) is 117 Å². The summed E-state index contributed by atoms with van der Waals surface area (Å²) in [6.45, 7) is 9.80. The van der Waals surface area contributed by atoms with Crippen LogP contribution >= 0.6 is 11.3 Å². The molecule has 0 aliphatic carbocycles. The Labute approximate surface area is 315 Å². The molecule has 1 aliphatic heterocycles. The molecule has 11 nitrogen and oxygen atoms in total. The van der Waals surface area contributed by atoms with Gasteiger partial charge in [-0.25, -0.2) is 9.37 Å². The van der Waals surface area contributed by atoms with Crippen LogP contribution in [0.2, 0.25) is 0 Å². The SMILES string of the molecule is Cc1ncsc1-c1ccc([C@H](C)NC(=O)[C@@H]2C[C@@H](O)CN2C(=O)[C@@H](NC(=O)CCCCCc2cc(OCCCCC(N)=O)ccc2F)C(C)(C)C)cc1. The monoisotopic (exact) mass is 751 g/mol. The number of nitrogens with one attached hydrogen (secondary N) is 2. The highest BCUT2D eigenvalue weighted by Crippen LogP contribution is 2.30. The number of thiazole rings is 1. The maximum atomic E-state index is 14.5. The average Bonchev–Trinajstić information content (AvgIpc) is 3.72. The van der Waals surface area contributed by atoms with Crippen molar-refractivity contribution in [1.29, 1.82) is 0 Å². The number of rotatable bonds is 18. The predicted octanol–water partition coefficient (Wildman–Crippen LogP) is 5.77. The number of aliphatic hydroxyl groups excluding tert-OH is 1. The molecule has 1 saturated heterocycles. The Bertz CT molecular complexity index is 1710. The molecule has 53 heavy (non-hydrogen) atoms. The van der Waals surface area contributed by atoms with Crippen LogP contribution in [0.1, 0.15) is 102 Å². The molecule has 13 heteroatoms. The van der Waals surface area contributed by atoms with E-state index in [1.54, 1.807) is 23.5 Å². The normalized spacial score (nSPS) is 16.9. The van der Waals surface area contributed by atoms with Crippen molar-refractivity contribution in [2.24, 2.45) is 11.1 Å². The number of benzene rings is 2. The lowest BCUT2D eigenvalue weighted by Crippen LogP contribution is -2.57. The molecule has 0 unspecified atom stereocenters. The fourth-order valence-corrected chi connectivity index (χ4v) is 7.26. The number of nitrogens with two attached hydrogens (primary N) is 1. The molecule has 4 amide bonds. The average molecular weight is 752 g/mol. The lowest BCUT2D eigenvalue weighted by Gasteiger charge is -2.35. The number of aryl methyl sites for hydroxylation is 2. The van der Waals surface area contributed by atoms with Crippen molar-refractivity contribution in [2.75, 3.05) is 13.2 Å². The maximum Gasteiger partial charge on any atom is 0.246 e. The molecule has 0 saturated carbocycles. The number of amides is 4. The number of aliphatic hydroxyl groups is 1. The second-order valence-corrected chi connectivity index (χ2v) is 15.8. The Hall–Kier alpha value is -4.36. The predicted molar refractivity (Wildman–Crippen MR) is 203 cm³/mol. The van der Waals surface area contributed by atoms with Crippen LogP contribution in [-0.2, 0) is 25.6 Å². The van der Waals surface area contributed by atoms with Gasteiger partial charge in [0.15, 0.2) is 0 Å². The van der Waals surface area contributed by atoms with E-state index in [1.165, 1.54) is 11.0 Å². The molecule has 2 aromatic carbocycles. The smallest absolute Gasteiger partial charge is 0.246 e. The van der Waals surface area contributed by atoms with Crippen LogP contribution in [0, 0.1) is 18.2 Å². The number of hydrogen-bond donors (Lipinski definition) is 4. The molecular formula is C40H54FN5O6S. The topological polar surface area (TPSA) is 164 Å². The zero-order valence-electron chi connectivity index (χ0n) is 31.5. The zero-order valence-corrected chi connectivity index (χ0v) is 32.3. The van der Waals surface area contributed by atoms with Gasteiger partial charge < -0.3 is 31.1 Å². The van der Waals surface area contributed by atoms with Crippen molar-refractivity contribution >= 4 is 35.0 Å². The molecule has 288 valence electrons. The van der Waals surface area contributed by atoms with E-state index in [0.717, 1.165) is 21.7 Å². The van der Waals surface area contributed by atoms with Crippen LogP contribution in [0.4, 0.5) is 4.39 Å². The summed E-state index contributed by atoms with van der Waals surface area (Å²) in [4.78, 5) is 58.4. The van der Waals surface area contributed by atoms with E-state index < -0.39 is 29.5 Å². The Morgan fingerprint density at radius 2 is 1.75 bits per heavy atom. The van der Waals surface area contributed by atoms with Gasteiger partial charge in [0.2, 0.25) is 23.6 Å². The Kier molecular flexibility index (Phi) is 14.9. The number of carbonyl (C=O) groups is 4. The fraction of sp³-hybridized carbons (Fsp3) is 0.525. The molecule has 5 N–H and O–H groups in total. The second-order valence-electron chi connectivity index (χ2n) is 15.0. The minimum atomic E-state index is -0.914. The number of primary amides is 1. The Morgan fingerprint density at radius 1 is 1.04 bits per heavy atom. The highest BCUT2D eigenvalue weighted by atomic mass is 32.1. The van der Waals surface area contributed by atoms with Gasteiger partial charge in [-0.05, 0) is 86.3 Å². The summed E-state index contributed by atoms with van der Waals surface area (Å²) in [5.41, 5.74) is 9.75. The first kappa shape index (κ1) is 41.4. The van der Waals surface area contributed by atoms with Gasteiger partial charge in [-0.3, -0.25) is 19.2 Å². The molecule has 2 heterocycles. The van der Waals surface area contributed by atoms with E-state index in [1.807, 2.05) is 64.4 Å². The summed E-state index contributed by atoms with van der Waals surface area (Å²) in [6, 6.07) is 10.4. The molecule has 1 aromatic heterocycles. The van der Waals surface area contributed by atoms with Crippen molar-refractivity contribution in [1.82, 2.24) is 20.5 Å². The van der Waals surface area contributed by atoms with Crippen LogP contribution in [0.15, 0.2) is 48.0 Å². The van der Waals surface area contributed by atoms with E-state index in [2.05, 4.69) is 15.6 Å². The van der Waals surface area contributed by atoms with E-state index >= 15 is 0 Å². The number of β-amino-alcohol motifs (C(OH)–C–C–N with tert-alkyl or cyclic N) is 1. The number of carbonyl (C=O) groups excluding carboxylic acids is 4. The third-order valence-corrected chi connectivity index (χ3v) is 10.5. The van der Waals surface area contributed by atoms with Crippen LogP contribution in [0.5, 0.6) is 5.75 Å². The zero-order chi connectivity index (χ0) is 38.7. The van der Waals surface area contributed by atoms with E-state index in [9.17, 15) is 28.7 Å². The van der Waals surface area contributed by atoms with Gasteiger partial charge in [0.05, 0.1) is 34.8 Å². The summed E-state index contributed by atoms with van der Waals surface area (Å²) in [6.07, 6.45) is 3.37. The first-order valence-corrected chi connectivity index (χ1v) is 19.3. The van der Waals surface area contributed by atoms with E-state index in [4.69, 9.17) is 10.5 Å². The van der Waals surface area contributed by atoms with E-state index in [0.29, 0.717) is 62.9 Å². The first-order chi connectivity index (χ1) is 25.1. The molecule has 1 aliphatic rings. The fourth-order valence-electron chi connectivity index (χ4n) is 6.45. The molecule has 4 atom stereocenters. The molecular weight excluding hydrogens is 698 g/mol. The molecule has 0 bridgehead atoms. The number of unbranched alkanes of at least 4 members (excludes halogenated alkanes) is 3. The summed E-state index contributed by atoms with van der Waals surface area (Å²) in [5.74, 6) is -1.17. The molecule has 0 radical (unpaired) electrons. The summed E-state index contributed by atoms with van der Waals surface area (Å²) >= 11 is 1.57. The minimum absolute atomic E-state index is 0.00522. The number of nitrogens with zero attached hydrogens (tertiary/aromatic N) is 2. The van der Waals surface area contributed by atoms with Gasteiger partial charge in [-0.15, -0.1) is 11.3 Å². The summed E-state index contributed by atoms with van der Waals surface area (Å²) in [7, 11) is 0. The second kappa shape index (κ2) is 19.1. The van der Waals surface area contributed by atoms with Crippen LogP contribution in [0.25, 0.3) is 10.4 Å². The van der Waals surface area contributed by atoms with Gasteiger partial charge in [0, 0.05) is 25.8 Å². The lowest BCUT2D eigenvalue weighted by molar-refractivity contribution is -0.144. The third kappa shape index (κ3) is 12.1. The third-order valence-electron chi connectivity index (χ3n) is 9.51. The van der Waals surface area contributed by atoms with Gasteiger partial charge in [-0.1, -0.05) is 51.5 Å². The highest BCUT2D eigenvalue weighted by molar-refractivity contribution is 7.13.